The molecule has 4 heterocycles. The van der Waals surface area contributed by atoms with Gasteiger partial charge in [0, 0.05) is 43.3 Å². The minimum atomic E-state index is -0.951. The molecular formula is C18H18F2N4O2. The van der Waals surface area contributed by atoms with Crippen molar-refractivity contribution in [2.45, 2.75) is 19.1 Å². The highest BCUT2D eigenvalue weighted by Gasteiger charge is 2.42. The number of pyridine rings is 2. The van der Waals surface area contributed by atoms with Crippen molar-refractivity contribution in [2.75, 3.05) is 31.1 Å². The quantitative estimate of drug-likeness (QED) is 0.817. The molecule has 1 amide bonds. The topological polar surface area (TPSA) is 58.6 Å². The number of aryl methyl sites for hydroxylation is 1. The van der Waals surface area contributed by atoms with Gasteiger partial charge in [0.2, 0.25) is 0 Å². The number of ether oxygens (including phenoxy) is 1. The minimum absolute atomic E-state index is 0.0296. The number of rotatable bonds is 2. The van der Waals surface area contributed by atoms with E-state index in [0.29, 0.717) is 32.3 Å². The molecule has 2 aromatic heterocycles. The molecule has 0 saturated carbocycles. The summed E-state index contributed by atoms with van der Waals surface area (Å²) in [5, 5.41) is 0. The molecule has 2 aliphatic rings. The van der Waals surface area contributed by atoms with E-state index in [1.165, 1.54) is 4.90 Å². The third-order valence-electron chi connectivity index (χ3n) is 4.81. The lowest BCUT2D eigenvalue weighted by atomic mass is 10.1. The average Bonchev–Trinajstić information content (AvgIpc) is 3.05. The van der Waals surface area contributed by atoms with Crippen LogP contribution in [-0.4, -0.2) is 59.2 Å². The van der Waals surface area contributed by atoms with E-state index in [1.54, 1.807) is 6.20 Å². The van der Waals surface area contributed by atoms with Gasteiger partial charge in [-0.3, -0.25) is 9.78 Å². The Morgan fingerprint density at radius 3 is 2.88 bits per heavy atom. The second kappa shape index (κ2) is 6.60. The van der Waals surface area contributed by atoms with Crippen LogP contribution >= 0.6 is 0 Å². The predicted molar refractivity (Wildman–Crippen MR) is 89.9 cm³/mol. The Morgan fingerprint density at radius 1 is 1.27 bits per heavy atom. The van der Waals surface area contributed by atoms with Gasteiger partial charge in [0.05, 0.1) is 24.9 Å². The molecule has 2 aliphatic heterocycles. The SMILES string of the molecule is Cc1cc(N2CCO[C@H]3CN(C(=O)c4ncc(F)cc4F)C[C@@H]32)ccn1. The van der Waals surface area contributed by atoms with Crippen LogP contribution in [0.25, 0.3) is 0 Å². The van der Waals surface area contributed by atoms with Crippen molar-refractivity contribution in [3.05, 3.63) is 53.6 Å². The largest absolute Gasteiger partial charge is 0.372 e. The van der Waals surface area contributed by atoms with Crippen LogP contribution in [0.2, 0.25) is 0 Å². The van der Waals surface area contributed by atoms with Crippen LogP contribution in [0, 0.1) is 18.6 Å². The van der Waals surface area contributed by atoms with Gasteiger partial charge in [-0.15, -0.1) is 0 Å². The first kappa shape index (κ1) is 16.8. The summed E-state index contributed by atoms with van der Waals surface area (Å²) >= 11 is 0. The van der Waals surface area contributed by atoms with E-state index >= 15 is 0 Å². The molecule has 6 nitrogen and oxygen atoms in total. The molecule has 0 N–H and O–H groups in total. The average molecular weight is 360 g/mol. The van der Waals surface area contributed by atoms with Crippen LogP contribution in [0.1, 0.15) is 16.2 Å². The Morgan fingerprint density at radius 2 is 2.12 bits per heavy atom. The zero-order chi connectivity index (χ0) is 18.3. The summed E-state index contributed by atoms with van der Waals surface area (Å²) in [6.07, 6.45) is 2.44. The van der Waals surface area contributed by atoms with E-state index < -0.39 is 17.5 Å². The molecule has 0 unspecified atom stereocenters. The fourth-order valence-electron chi connectivity index (χ4n) is 3.61. The van der Waals surface area contributed by atoms with Gasteiger partial charge in [-0.1, -0.05) is 0 Å². The number of fused-ring (bicyclic) bond motifs is 1. The van der Waals surface area contributed by atoms with Crippen LogP contribution in [0.4, 0.5) is 14.5 Å². The molecule has 2 aromatic rings. The lowest BCUT2D eigenvalue weighted by Crippen LogP contribution is -2.51. The maximum absolute atomic E-state index is 13.9. The summed E-state index contributed by atoms with van der Waals surface area (Å²) in [5.74, 6) is -2.31. The number of amides is 1. The third-order valence-corrected chi connectivity index (χ3v) is 4.81. The molecule has 2 saturated heterocycles. The number of nitrogens with zero attached hydrogens (tertiary/aromatic N) is 4. The van der Waals surface area contributed by atoms with Crippen molar-refractivity contribution in [2.24, 2.45) is 0 Å². The Hall–Kier alpha value is -2.61. The van der Waals surface area contributed by atoms with E-state index in [4.69, 9.17) is 4.74 Å². The van der Waals surface area contributed by atoms with Gasteiger partial charge in [0.25, 0.3) is 5.91 Å². The predicted octanol–water partition coefficient (Wildman–Crippen LogP) is 1.79. The molecule has 8 heteroatoms. The second-order valence-electron chi connectivity index (χ2n) is 6.52. The fraction of sp³-hybridized carbons (Fsp3) is 0.389. The molecule has 0 aromatic carbocycles. The van der Waals surface area contributed by atoms with Gasteiger partial charge in [-0.05, 0) is 19.1 Å². The first-order valence-electron chi connectivity index (χ1n) is 8.44. The number of halogens is 2. The van der Waals surface area contributed by atoms with E-state index in [1.807, 2.05) is 19.1 Å². The number of morpholine rings is 1. The van der Waals surface area contributed by atoms with Crippen molar-refractivity contribution >= 4 is 11.6 Å². The Kier molecular flexibility index (Phi) is 4.28. The van der Waals surface area contributed by atoms with Gasteiger partial charge in [0.1, 0.15) is 5.82 Å². The van der Waals surface area contributed by atoms with Gasteiger partial charge < -0.3 is 14.5 Å². The van der Waals surface area contributed by atoms with Gasteiger partial charge in [-0.25, -0.2) is 13.8 Å². The third kappa shape index (κ3) is 3.01. The molecule has 2 atom stereocenters. The molecule has 0 spiro atoms. The molecule has 0 radical (unpaired) electrons. The highest BCUT2D eigenvalue weighted by molar-refractivity contribution is 5.93. The lowest BCUT2D eigenvalue weighted by molar-refractivity contribution is 0.0301. The maximum atomic E-state index is 13.9. The number of likely N-dealkylation sites (tertiary alicyclic amines) is 1. The minimum Gasteiger partial charge on any atom is -0.372 e. The Balaban J connectivity index is 1.56. The summed E-state index contributed by atoms with van der Waals surface area (Å²) in [5.41, 5.74) is 1.57. The fourth-order valence-corrected chi connectivity index (χ4v) is 3.61. The van der Waals surface area contributed by atoms with Crippen molar-refractivity contribution in [1.82, 2.24) is 14.9 Å². The molecule has 2 fully saturated rings. The molecule has 0 aliphatic carbocycles. The number of carbonyl (C=O) groups is 1. The number of aromatic nitrogens is 2. The number of anilines is 1. The Bertz CT molecular complexity index is 848. The highest BCUT2D eigenvalue weighted by Crippen LogP contribution is 2.29. The smallest absolute Gasteiger partial charge is 0.275 e. The second-order valence-corrected chi connectivity index (χ2v) is 6.52. The van der Waals surface area contributed by atoms with E-state index in [9.17, 15) is 13.6 Å². The van der Waals surface area contributed by atoms with Crippen molar-refractivity contribution in [3.63, 3.8) is 0 Å². The van der Waals surface area contributed by atoms with Gasteiger partial charge in [-0.2, -0.15) is 0 Å². The van der Waals surface area contributed by atoms with Gasteiger partial charge in [0.15, 0.2) is 11.5 Å². The normalized spacial score (nSPS) is 22.4. The van der Waals surface area contributed by atoms with Crippen molar-refractivity contribution in [3.8, 4) is 0 Å². The summed E-state index contributed by atoms with van der Waals surface area (Å²) < 4.78 is 32.8. The van der Waals surface area contributed by atoms with E-state index in [-0.39, 0.29) is 17.8 Å². The zero-order valence-electron chi connectivity index (χ0n) is 14.2. The van der Waals surface area contributed by atoms with Crippen LogP contribution in [-0.2, 0) is 4.74 Å². The van der Waals surface area contributed by atoms with Crippen molar-refractivity contribution < 1.29 is 18.3 Å². The lowest BCUT2D eigenvalue weighted by Gasteiger charge is -2.38. The number of hydrogen-bond acceptors (Lipinski definition) is 5. The van der Waals surface area contributed by atoms with Crippen LogP contribution in [0.5, 0.6) is 0 Å². The summed E-state index contributed by atoms with van der Waals surface area (Å²) in [6, 6.07) is 4.57. The van der Waals surface area contributed by atoms with Crippen LogP contribution < -0.4 is 4.90 Å². The summed E-state index contributed by atoms with van der Waals surface area (Å²) in [6.45, 7) is 3.92. The molecule has 4 rings (SSSR count). The first-order chi connectivity index (χ1) is 12.5. The first-order valence-corrected chi connectivity index (χ1v) is 8.44. The van der Waals surface area contributed by atoms with Gasteiger partial charge >= 0.3 is 0 Å². The number of hydrogen-bond donors (Lipinski definition) is 0. The zero-order valence-corrected chi connectivity index (χ0v) is 14.2. The number of carbonyl (C=O) groups excluding carboxylic acids is 1. The van der Waals surface area contributed by atoms with E-state index in [0.717, 1.165) is 17.6 Å². The summed E-state index contributed by atoms with van der Waals surface area (Å²) in [4.78, 5) is 24.2. The van der Waals surface area contributed by atoms with Crippen molar-refractivity contribution in [1.29, 1.82) is 0 Å². The maximum Gasteiger partial charge on any atom is 0.275 e. The van der Waals surface area contributed by atoms with E-state index in [2.05, 4.69) is 14.9 Å². The standard InChI is InChI=1S/C18H18F2N4O2/c1-11-6-13(2-3-21-11)24-4-5-26-16-10-23(9-15(16)24)18(25)17-14(20)7-12(19)8-22-17/h2-3,6-8,15-16H,4-5,9-10H2,1H3/t15-,16-/m0/s1. The molecular weight excluding hydrogens is 342 g/mol. The summed E-state index contributed by atoms with van der Waals surface area (Å²) in [7, 11) is 0. The Labute approximate surface area is 149 Å². The molecule has 26 heavy (non-hydrogen) atoms. The monoisotopic (exact) mass is 360 g/mol. The van der Waals surface area contributed by atoms with Crippen LogP contribution in [0.3, 0.4) is 0 Å². The molecule has 136 valence electrons. The molecule has 0 bridgehead atoms. The van der Waals surface area contributed by atoms with Crippen LogP contribution in [0.15, 0.2) is 30.6 Å². The highest BCUT2D eigenvalue weighted by atomic mass is 19.1.